The molecule has 4 rings (SSSR count). The van der Waals surface area contributed by atoms with Gasteiger partial charge in [0.1, 0.15) is 22.8 Å². The van der Waals surface area contributed by atoms with E-state index in [1.54, 1.807) is 24.3 Å². The maximum absolute atomic E-state index is 13.0. The van der Waals surface area contributed by atoms with Crippen molar-refractivity contribution in [1.29, 1.82) is 0 Å². The van der Waals surface area contributed by atoms with Crippen molar-refractivity contribution < 1.29 is 26.8 Å². The lowest BCUT2D eigenvalue weighted by Gasteiger charge is -2.06. The quantitative estimate of drug-likeness (QED) is 0.449. The zero-order chi connectivity index (χ0) is 20.8. The topological polar surface area (TPSA) is 72.5 Å². The molecule has 29 heavy (non-hydrogen) atoms. The third kappa shape index (κ3) is 3.58. The van der Waals surface area contributed by atoms with Crippen LogP contribution in [0.5, 0.6) is 0 Å². The zero-order valence-electron chi connectivity index (χ0n) is 14.5. The van der Waals surface area contributed by atoms with Gasteiger partial charge in [-0.1, -0.05) is 0 Å². The van der Waals surface area contributed by atoms with Gasteiger partial charge in [0.2, 0.25) is 11.7 Å². The van der Waals surface area contributed by atoms with Gasteiger partial charge in [0.05, 0.1) is 10.8 Å². The van der Waals surface area contributed by atoms with Gasteiger partial charge in [-0.25, -0.2) is 0 Å². The third-order valence-corrected chi connectivity index (χ3v) is 4.49. The lowest BCUT2D eigenvalue weighted by atomic mass is 10.1. The Labute approximate surface area is 165 Å². The molecule has 9 heteroatoms. The highest BCUT2D eigenvalue weighted by Gasteiger charge is 2.35. The number of hydrogen-bond donors (Lipinski definition) is 1. The van der Waals surface area contributed by atoms with Crippen LogP contribution in [0.15, 0.2) is 62.2 Å². The number of carbonyl (C=O) groups excluding carboxylic acids is 1. The SMILES string of the molecule is O=C(CCl)Nc1ccc(-c2cc3c(ccc4c(=O)cc(C(F)(F)F)oc43)o2)cc1. The molecule has 1 amide bonds. The van der Waals surface area contributed by atoms with E-state index < -0.39 is 17.4 Å². The van der Waals surface area contributed by atoms with Gasteiger partial charge in [-0.2, -0.15) is 13.2 Å². The average molecular weight is 422 g/mol. The summed E-state index contributed by atoms with van der Waals surface area (Å²) < 4.78 is 49.8. The Bertz CT molecular complexity index is 1290. The monoisotopic (exact) mass is 421 g/mol. The van der Waals surface area contributed by atoms with Gasteiger partial charge in [0.15, 0.2) is 5.43 Å². The van der Waals surface area contributed by atoms with Crippen molar-refractivity contribution in [2.24, 2.45) is 0 Å². The molecule has 0 fully saturated rings. The van der Waals surface area contributed by atoms with Crippen LogP contribution in [0.2, 0.25) is 0 Å². The minimum Gasteiger partial charge on any atom is -0.456 e. The maximum Gasteiger partial charge on any atom is 0.449 e. The Morgan fingerprint density at radius 2 is 1.72 bits per heavy atom. The molecule has 0 aliphatic heterocycles. The van der Waals surface area contributed by atoms with Crippen LogP contribution in [0.25, 0.3) is 33.3 Å². The highest BCUT2D eigenvalue weighted by Crippen LogP contribution is 2.35. The summed E-state index contributed by atoms with van der Waals surface area (Å²) in [4.78, 5) is 23.4. The van der Waals surface area contributed by atoms with Crippen LogP contribution >= 0.6 is 11.6 Å². The van der Waals surface area contributed by atoms with E-state index in [2.05, 4.69) is 5.32 Å². The minimum absolute atomic E-state index is 0.0250. The minimum atomic E-state index is -4.79. The zero-order valence-corrected chi connectivity index (χ0v) is 15.2. The van der Waals surface area contributed by atoms with E-state index in [1.807, 2.05) is 0 Å². The summed E-state index contributed by atoms with van der Waals surface area (Å²) in [6, 6.07) is 11.4. The second-order valence-electron chi connectivity index (χ2n) is 6.20. The van der Waals surface area contributed by atoms with E-state index in [0.717, 1.165) is 0 Å². The van der Waals surface area contributed by atoms with E-state index in [0.29, 0.717) is 23.1 Å². The first-order valence-corrected chi connectivity index (χ1v) is 8.83. The number of furan rings is 1. The molecule has 0 atom stereocenters. The Balaban J connectivity index is 1.81. The fourth-order valence-corrected chi connectivity index (χ4v) is 2.99. The molecule has 2 aromatic heterocycles. The van der Waals surface area contributed by atoms with Gasteiger partial charge in [0, 0.05) is 17.3 Å². The number of nitrogens with one attached hydrogen (secondary N) is 1. The molecular weight excluding hydrogens is 411 g/mol. The van der Waals surface area contributed by atoms with Crippen LogP contribution in [-0.4, -0.2) is 11.8 Å². The standard InChI is InChI=1S/C20H11ClF3NO4/c21-9-18(27)25-11-3-1-10(2-4-11)16-7-13-15(28-16)6-5-12-14(26)8-17(20(22,23)24)29-19(12)13/h1-8H,9H2,(H,25,27). The molecule has 1 N–H and O–H groups in total. The second kappa shape index (κ2) is 6.97. The van der Waals surface area contributed by atoms with E-state index in [-0.39, 0.29) is 33.7 Å². The molecule has 0 aliphatic carbocycles. The Morgan fingerprint density at radius 1 is 1.00 bits per heavy atom. The lowest BCUT2D eigenvalue weighted by molar-refractivity contribution is -0.152. The largest absolute Gasteiger partial charge is 0.456 e. The summed E-state index contributed by atoms with van der Waals surface area (Å²) in [5, 5.41) is 2.87. The summed E-state index contributed by atoms with van der Waals surface area (Å²) in [6.07, 6.45) is -4.79. The summed E-state index contributed by atoms with van der Waals surface area (Å²) in [7, 11) is 0. The second-order valence-corrected chi connectivity index (χ2v) is 6.46. The van der Waals surface area contributed by atoms with Gasteiger partial charge in [-0.3, -0.25) is 9.59 Å². The molecule has 2 aromatic carbocycles. The van der Waals surface area contributed by atoms with Crippen LogP contribution in [0.1, 0.15) is 5.76 Å². The Hall–Kier alpha value is -3.26. The van der Waals surface area contributed by atoms with Gasteiger partial charge in [-0.15, -0.1) is 11.6 Å². The molecule has 0 unspecified atom stereocenters. The number of amides is 1. The predicted molar refractivity (Wildman–Crippen MR) is 102 cm³/mol. The molecule has 0 saturated carbocycles. The summed E-state index contributed by atoms with van der Waals surface area (Å²) in [5.74, 6) is -1.54. The number of carbonyl (C=O) groups is 1. The summed E-state index contributed by atoms with van der Waals surface area (Å²) >= 11 is 5.44. The van der Waals surface area contributed by atoms with Crippen LogP contribution in [0.3, 0.4) is 0 Å². The summed E-state index contributed by atoms with van der Waals surface area (Å²) in [5.41, 5.74) is 0.440. The number of halogens is 4. The highest BCUT2D eigenvalue weighted by molar-refractivity contribution is 6.29. The van der Waals surface area contributed by atoms with Gasteiger partial charge in [-0.05, 0) is 42.5 Å². The Morgan fingerprint density at radius 3 is 2.38 bits per heavy atom. The van der Waals surface area contributed by atoms with Crippen LogP contribution in [0, 0.1) is 0 Å². The first-order valence-electron chi connectivity index (χ1n) is 8.30. The molecule has 0 radical (unpaired) electrons. The maximum atomic E-state index is 13.0. The van der Waals surface area contributed by atoms with E-state index >= 15 is 0 Å². The number of rotatable bonds is 3. The van der Waals surface area contributed by atoms with Gasteiger partial charge >= 0.3 is 6.18 Å². The van der Waals surface area contributed by atoms with E-state index in [4.69, 9.17) is 20.4 Å². The van der Waals surface area contributed by atoms with Crippen molar-refractivity contribution in [3.63, 3.8) is 0 Å². The predicted octanol–water partition coefficient (Wildman–Crippen LogP) is 5.40. The van der Waals surface area contributed by atoms with Crippen molar-refractivity contribution in [3.8, 4) is 11.3 Å². The van der Waals surface area contributed by atoms with E-state index in [1.165, 1.54) is 18.2 Å². The van der Waals surface area contributed by atoms with Crippen molar-refractivity contribution in [3.05, 3.63) is 64.5 Å². The number of alkyl halides is 4. The van der Waals surface area contributed by atoms with E-state index in [9.17, 15) is 22.8 Å². The van der Waals surface area contributed by atoms with Crippen molar-refractivity contribution >= 4 is 45.1 Å². The normalized spacial score (nSPS) is 11.9. The third-order valence-electron chi connectivity index (χ3n) is 4.25. The number of hydrogen-bond acceptors (Lipinski definition) is 4. The lowest BCUT2D eigenvalue weighted by Crippen LogP contribution is -2.12. The molecule has 4 aromatic rings. The van der Waals surface area contributed by atoms with Gasteiger partial charge < -0.3 is 14.2 Å². The molecule has 5 nitrogen and oxygen atoms in total. The number of benzene rings is 2. The number of fused-ring (bicyclic) bond motifs is 3. The Kier molecular flexibility index (Phi) is 4.58. The van der Waals surface area contributed by atoms with Crippen LogP contribution < -0.4 is 10.7 Å². The number of anilines is 1. The molecule has 0 saturated heterocycles. The van der Waals surface area contributed by atoms with Crippen molar-refractivity contribution in [2.75, 3.05) is 11.2 Å². The van der Waals surface area contributed by atoms with Crippen LogP contribution in [-0.2, 0) is 11.0 Å². The van der Waals surface area contributed by atoms with Gasteiger partial charge in [0.25, 0.3) is 0 Å². The smallest absolute Gasteiger partial charge is 0.449 e. The first kappa shape index (κ1) is 19.1. The molecule has 2 heterocycles. The molecule has 0 aliphatic rings. The average Bonchev–Trinajstić information content (AvgIpc) is 3.12. The molecule has 0 spiro atoms. The highest BCUT2D eigenvalue weighted by atomic mass is 35.5. The van der Waals surface area contributed by atoms with Crippen molar-refractivity contribution in [1.82, 2.24) is 0 Å². The summed E-state index contributed by atoms with van der Waals surface area (Å²) in [6.45, 7) is 0. The van der Waals surface area contributed by atoms with Crippen molar-refractivity contribution in [2.45, 2.75) is 6.18 Å². The first-order chi connectivity index (χ1) is 13.8. The fourth-order valence-electron chi connectivity index (χ4n) is 2.92. The molecule has 148 valence electrons. The van der Waals surface area contributed by atoms with Crippen LogP contribution in [0.4, 0.5) is 18.9 Å². The fraction of sp³-hybridized carbons (Fsp3) is 0.100. The molecular formula is C20H11ClF3NO4. The molecule has 0 bridgehead atoms.